The van der Waals surface area contributed by atoms with Gasteiger partial charge in [-0.1, -0.05) is 30.3 Å². The van der Waals surface area contributed by atoms with Crippen molar-refractivity contribution in [2.24, 2.45) is 11.8 Å². The number of aromatic nitrogens is 2. The summed E-state index contributed by atoms with van der Waals surface area (Å²) in [6.07, 6.45) is 3.03. The van der Waals surface area contributed by atoms with Crippen molar-refractivity contribution in [3.8, 4) is 5.69 Å². The molecule has 1 saturated heterocycles. The Labute approximate surface area is 186 Å². The number of hydrogen-bond acceptors (Lipinski definition) is 3. The molecule has 6 rings (SSSR count). The van der Waals surface area contributed by atoms with E-state index < -0.39 is 0 Å². The lowest BCUT2D eigenvalue weighted by atomic mass is 9.88. The Hall–Kier alpha value is -3.31. The van der Waals surface area contributed by atoms with Crippen LogP contribution >= 0.6 is 0 Å². The lowest BCUT2D eigenvalue weighted by molar-refractivity contribution is -0.109. The monoisotopic (exact) mass is 425 g/mol. The molecule has 0 amide bonds. The lowest BCUT2D eigenvalue weighted by Gasteiger charge is -2.24. The molecule has 3 atom stereocenters. The first kappa shape index (κ1) is 19.4. The van der Waals surface area contributed by atoms with Gasteiger partial charge >= 0.3 is 0 Å². The molecule has 160 valence electrons. The minimum Gasteiger partial charge on any atom is -0.303 e. The molecule has 1 saturated carbocycles. The van der Waals surface area contributed by atoms with Gasteiger partial charge in [0.2, 0.25) is 0 Å². The van der Waals surface area contributed by atoms with E-state index in [1.807, 2.05) is 16.9 Å². The average molecular weight is 426 g/mol. The quantitative estimate of drug-likeness (QED) is 0.436. The molecule has 0 spiro atoms. The Balaban J connectivity index is 1.36. The maximum Gasteiger partial charge on any atom is 0.124 e. The van der Waals surface area contributed by atoms with Crippen LogP contribution in [0.3, 0.4) is 0 Å². The minimum atomic E-state index is -0.260. The summed E-state index contributed by atoms with van der Waals surface area (Å²) < 4.78 is 15.2. The SMILES string of the molecule is Cc1cc2c(cnn2-c2ccc(F)cc2)cc1[C@]12CN(Cc3ccccc3)C[C@H]1[C@@H]2C=O. The number of carbonyl (C=O) groups excluding carboxylic acids is 1. The fourth-order valence-corrected chi connectivity index (χ4v) is 5.87. The molecule has 0 radical (unpaired) electrons. The second-order valence-electron chi connectivity index (χ2n) is 9.22. The van der Waals surface area contributed by atoms with Crippen molar-refractivity contribution in [2.75, 3.05) is 13.1 Å². The molecule has 5 heteroatoms. The molecular weight excluding hydrogens is 401 g/mol. The first-order valence-corrected chi connectivity index (χ1v) is 11.1. The largest absolute Gasteiger partial charge is 0.303 e. The van der Waals surface area contributed by atoms with Gasteiger partial charge in [0.05, 0.1) is 17.4 Å². The van der Waals surface area contributed by atoms with Crippen molar-refractivity contribution in [3.63, 3.8) is 0 Å². The smallest absolute Gasteiger partial charge is 0.124 e. The van der Waals surface area contributed by atoms with E-state index in [0.717, 1.165) is 42.5 Å². The summed E-state index contributed by atoms with van der Waals surface area (Å²) in [5.74, 6) is 0.188. The van der Waals surface area contributed by atoms with Gasteiger partial charge in [-0.25, -0.2) is 9.07 Å². The standard InChI is InChI=1S/C27H24FN3O/c1-18-11-26-20(13-29-31(26)22-9-7-21(28)8-10-22)12-23(18)27-17-30(15-24(27)25(27)16-32)14-19-5-3-2-4-6-19/h2-13,16,24-25H,14-15,17H2,1H3/t24-,25-,27+/m0/s1. The molecule has 0 unspecified atom stereocenters. The van der Waals surface area contributed by atoms with E-state index in [0.29, 0.717) is 5.92 Å². The molecule has 1 aliphatic carbocycles. The maximum absolute atomic E-state index is 13.4. The fraction of sp³-hybridized carbons (Fsp3) is 0.259. The number of aldehydes is 1. The van der Waals surface area contributed by atoms with Gasteiger partial charge in [0.15, 0.2) is 0 Å². The average Bonchev–Trinajstić information content (AvgIpc) is 3.07. The van der Waals surface area contributed by atoms with E-state index in [4.69, 9.17) is 0 Å². The maximum atomic E-state index is 13.4. The van der Waals surface area contributed by atoms with Crippen LogP contribution in [0.4, 0.5) is 4.39 Å². The van der Waals surface area contributed by atoms with Gasteiger partial charge in [-0.05, 0) is 65.9 Å². The Morgan fingerprint density at radius 1 is 1.12 bits per heavy atom. The van der Waals surface area contributed by atoms with Gasteiger partial charge in [-0.2, -0.15) is 5.10 Å². The van der Waals surface area contributed by atoms with Gasteiger partial charge < -0.3 is 4.79 Å². The normalized spacial score (nSPS) is 24.6. The third-order valence-electron chi connectivity index (χ3n) is 7.40. The Morgan fingerprint density at radius 3 is 2.66 bits per heavy atom. The van der Waals surface area contributed by atoms with Crippen molar-refractivity contribution in [3.05, 3.63) is 95.4 Å². The van der Waals surface area contributed by atoms with Gasteiger partial charge in [0.1, 0.15) is 12.1 Å². The zero-order chi connectivity index (χ0) is 21.9. The topological polar surface area (TPSA) is 38.1 Å². The lowest BCUT2D eigenvalue weighted by Crippen LogP contribution is -2.29. The number of fused-ring (bicyclic) bond motifs is 2. The number of likely N-dealkylation sites (tertiary alicyclic amines) is 1. The molecule has 2 fully saturated rings. The summed E-state index contributed by atoms with van der Waals surface area (Å²) in [5.41, 5.74) is 5.47. The molecule has 3 aromatic carbocycles. The zero-order valence-corrected chi connectivity index (χ0v) is 17.9. The van der Waals surface area contributed by atoms with E-state index in [9.17, 15) is 9.18 Å². The second-order valence-corrected chi connectivity index (χ2v) is 9.22. The molecule has 2 heterocycles. The van der Waals surface area contributed by atoms with Crippen molar-refractivity contribution in [2.45, 2.75) is 18.9 Å². The highest BCUT2D eigenvalue weighted by Crippen LogP contribution is 2.64. The Kier molecular flexibility index (Phi) is 4.30. The van der Waals surface area contributed by atoms with E-state index in [2.05, 4.69) is 53.3 Å². The van der Waals surface area contributed by atoms with Crippen LogP contribution in [-0.4, -0.2) is 34.1 Å². The summed E-state index contributed by atoms with van der Waals surface area (Å²) in [5, 5.41) is 5.61. The highest BCUT2D eigenvalue weighted by molar-refractivity contribution is 5.83. The van der Waals surface area contributed by atoms with Crippen LogP contribution in [0, 0.1) is 24.6 Å². The van der Waals surface area contributed by atoms with Crippen LogP contribution in [0.5, 0.6) is 0 Å². The first-order chi connectivity index (χ1) is 15.6. The number of carbonyl (C=O) groups is 1. The number of aryl methyl sites for hydroxylation is 1. The van der Waals surface area contributed by atoms with Crippen molar-refractivity contribution in [1.82, 2.24) is 14.7 Å². The predicted molar refractivity (Wildman–Crippen MR) is 122 cm³/mol. The fourth-order valence-electron chi connectivity index (χ4n) is 5.87. The van der Waals surface area contributed by atoms with Gasteiger partial charge in [-0.15, -0.1) is 0 Å². The highest BCUT2D eigenvalue weighted by atomic mass is 19.1. The second kappa shape index (κ2) is 7.10. The van der Waals surface area contributed by atoms with E-state index in [-0.39, 0.29) is 17.2 Å². The van der Waals surface area contributed by atoms with Crippen molar-refractivity contribution in [1.29, 1.82) is 0 Å². The number of piperidine rings is 1. The summed E-state index contributed by atoms with van der Waals surface area (Å²) in [4.78, 5) is 14.4. The molecule has 1 aliphatic heterocycles. The Bertz CT molecular complexity index is 1310. The molecule has 4 aromatic rings. The number of halogens is 1. The molecular formula is C27H24FN3O. The zero-order valence-electron chi connectivity index (χ0n) is 17.9. The van der Waals surface area contributed by atoms with Crippen LogP contribution in [-0.2, 0) is 16.8 Å². The van der Waals surface area contributed by atoms with Crippen LogP contribution in [0.1, 0.15) is 16.7 Å². The van der Waals surface area contributed by atoms with E-state index in [1.165, 1.54) is 28.8 Å². The van der Waals surface area contributed by atoms with Gasteiger partial charge in [0, 0.05) is 36.4 Å². The molecule has 0 N–H and O–H groups in total. The molecule has 0 bridgehead atoms. The first-order valence-electron chi connectivity index (χ1n) is 11.1. The number of rotatable bonds is 5. The number of nitrogens with zero attached hydrogens (tertiary/aromatic N) is 3. The van der Waals surface area contributed by atoms with Crippen molar-refractivity contribution >= 4 is 17.2 Å². The van der Waals surface area contributed by atoms with Gasteiger partial charge in [-0.3, -0.25) is 4.90 Å². The minimum absolute atomic E-state index is 0.0813. The van der Waals surface area contributed by atoms with E-state index in [1.54, 1.807) is 12.1 Å². The summed E-state index contributed by atoms with van der Waals surface area (Å²) in [7, 11) is 0. The van der Waals surface area contributed by atoms with Crippen LogP contribution in [0.15, 0.2) is 72.9 Å². The summed E-state index contributed by atoms with van der Waals surface area (Å²) in [6.45, 7) is 4.89. The number of benzene rings is 3. The predicted octanol–water partition coefficient (Wildman–Crippen LogP) is 4.67. The van der Waals surface area contributed by atoms with Crippen molar-refractivity contribution < 1.29 is 9.18 Å². The molecule has 32 heavy (non-hydrogen) atoms. The van der Waals surface area contributed by atoms with Gasteiger partial charge in [0.25, 0.3) is 0 Å². The van der Waals surface area contributed by atoms with Crippen LogP contribution < -0.4 is 0 Å². The Morgan fingerprint density at radius 2 is 1.91 bits per heavy atom. The van der Waals surface area contributed by atoms with Crippen LogP contribution in [0.25, 0.3) is 16.6 Å². The molecule has 4 nitrogen and oxygen atoms in total. The van der Waals surface area contributed by atoms with Crippen LogP contribution in [0.2, 0.25) is 0 Å². The molecule has 2 aliphatic rings. The van der Waals surface area contributed by atoms with E-state index >= 15 is 0 Å². The number of hydrogen-bond donors (Lipinski definition) is 0. The summed E-state index contributed by atoms with van der Waals surface area (Å²) >= 11 is 0. The highest BCUT2D eigenvalue weighted by Gasteiger charge is 2.69. The summed E-state index contributed by atoms with van der Waals surface area (Å²) in [6, 6.07) is 21.3. The third-order valence-corrected chi connectivity index (χ3v) is 7.40. The third kappa shape index (κ3) is 2.84. The molecule has 1 aromatic heterocycles.